The molecule has 0 atom stereocenters. The second-order valence-corrected chi connectivity index (χ2v) is 5.05. The molecule has 132 valence electrons. The lowest BCUT2D eigenvalue weighted by Crippen LogP contribution is -2.10. The lowest BCUT2D eigenvalue weighted by Gasteiger charge is -2.10. The third kappa shape index (κ3) is 4.71. The van der Waals surface area contributed by atoms with E-state index in [9.17, 15) is 9.59 Å². The van der Waals surface area contributed by atoms with Crippen molar-refractivity contribution in [1.82, 2.24) is 0 Å². The van der Waals surface area contributed by atoms with Gasteiger partial charge in [0.15, 0.2) is 0 Å². The number of hydrogen-bond donors (Lipinski definition) is 0. The van der Waals surface area contributed by atoms with Crippen LogP contribution >= 0.6 is 0 Å². The molecule has 0 N–H and O–H groups in total. The standard InChI is InChI=1S/C20H17NO5/c1-3-25-18-10-5-4-9-17(18)20(23)26-16-8-6-7-14(12-16)11-15(13-21)19(22)24-2/h4-12H,3H2,1-2H3/b15-11+. The molecule has 0 amide bonds. The number of carbonyl (C=O) groups excluding carboxylic acids is 2. The molecule has 0 saturated heterocycles. The quantitative estimate of drug-likeness (QED) is 0.343. The van der Waals surface area contributed by atoms with Crippen LogP contribution in [0, 0.1) is 11.3 Å². The van der Waals surface area contributed by atoms with Crippen LogP contribution in [0.4, 0.5) is 0 Å². The van der Waals surface area contributed by atoms with E-state index in [1.165, 1.54) is 13.2 Å². The maximum absolute atomic E-state index is 12.4. The number of benzene rings is 2. The van der Waals surface area contributed by atoms with Crippen LogP contribution in [0.25, 0.3) is 6.08 Å². The maximum atomic E-state index is 12.4. The lowest BCUT2D eigenvalue weighted by molar-refractivity contribution is -0.135. The molecular formula is C20H17NO5. The predicted octanol–water partition coefficient (Wildman–Crippen LogP) is 3.38. The van der Waals surface area contributed by atoms with Gasteiger partial charge in [-0.3, -0.25) is 0 Å². The fraction of sp³-hybridized carbons (Fsp3) is 0.150. The normalized spacial score (nSPS) is 10.6. The van der Waals surface area contributed by atoms with E-state index < -0.39 is 11.9 Å². The molecule has 0 fully saturated rings. The Morgan fingerprint density at radius 1 is 1.15 bits per heavy atom. The summed E-state index contributed by atoms with van der Waals surface area (Å²) in [5.74, 6) is -0.588. The Labute approximate surface area is 151 Å². The Balaban J connectivity index is 2.24. The van der Waals surface area contributed by atoms with Gasteiger partial charge >= 0.3 is 11.9 Å². The number of nitrogens with zero attached hydrogens (tertiary/aromatic N) is 1. The number of carbonyl (C=O) groups is 2. The van der Waals surface area contributed by atoms with E-state index in [2.05, 4.69) is 4.74 Å². The van der Waals surface area contributed by atoms with Gasteiger partial charge in [-0.05, 0) is 42.8 Å². The van der Waals surface area contributed by atoms with Crippen molar-refractivity contribution < 1.29 is 23.8 Å². The summed E-state index contributed by atoms with van der Waals surface area (Å²) in [5, 5.41) is 9.01. The number of hydrogen-bond acceptors (Lipinski definition) is 6. The average Bonchev–Trinajstić information content (AvgIpc) is 2.66. The molecule has 0 aliphatic carbocycles. The van der Waals surface area contributed by atoms with Crippen LogP contribution in [0.1, 0.15) is 22.8 Å². The first-order chi connectivity index (χ1) is 12.6. The van der Waals surface area contributed by atoms with Gasteiger partial charge in [0.25, 0.3) is 0 Å². The molecule has 0 unspecified atom stereocenters. The van der Waals surface area contributed by atoms with E-state index in [1.807, 2.05) is 6.92 Å². The minimum Gasteiger partial charge on any atom is -0.493 e. The first kappa shape index (κ1) is 18.7. The second-order valence-electron chi connectivity index (χ2n) is 5.05. The Morgan fingerprint density at radius 3 is 2.62 bits per heavy atom. The van der Waals surface area contributed by atoms with Gasteiger partial charge < -0.3 is 14.2 Å². The number of ether oxygens (including phenoxy) is 3. The molecule has 2 aromatic carbocycles. The van der Waals surface area contributed by atoms with E-state index in [0.717, 1.165) is 0 Å². The van der Waals surface area contributed by atoms with Crippen molar-refractivity contribution in [3.63, 3.8) is 0 Å². The molecule has 0 bridgehead atoms. The number of methoxy groups -OCH3 is 1. The zero-order valence-corrected chi connectivity index (χ0v) is 14.4. The summed E-state index contributed by atoms with van der Waals surface area (Å²) in [6, 6.07) is 15.0. The Morgan fingerprint density at radius 2 is 1.92 bits per heavy atom. The third-order valence-electron chi connectivity index (χ3n) is 3.31. The number of esters is 2. The molecule has 6 heteroatoms. The summed E-state index contributed by atoms with van der Waals surface area (Å²) in [5.41, 5.74) is 0.676. The van der Waals surface area contributed by atoms with Gasteiger partial charge in [0, 0.05) is 0 Å². The summed E-state index contributed by atoms with van der Waals surface area (Å²) in [4.78, 5) is 23.9. The summed E-state index contributed by atoms with van der Waals surface area (Å²) < 4.78 is 15.3. The fourth-order valence-electron chi connectivity index (χ4n) is 2.16. The van der Waals surface area contributed by atoms with Crippen LogP contribution in [0.15, 0.2) is 54.1 Å². The number of rotatable bonds is 6. The van der Waals surface area contributed by atoms with E-state index in [1.54, 1.807) is 54.6 Å². The van der Waals surface area contributed by atoms with Gasteiger partial charge in [0.05, 0.1) is 13.7 Å². The molecule has 0 aromatic heterocycles. The monoisotopic (exact) mass is 351 g/mol. The van der Waals surface area contributed by atoms with Crippen LogP contribution in [0.5, 0.6) is 11.5 Å². The van der Waals surface area contributed by atoms with Crippen molar-refractivity contribution in [2.75, 3.05) is 13.7 Å². The molecule has 0 spiro atoms. The highest BCUT2D eigenvalue weighted by molar-refractivity contribution is 5.98. The molecule has 6 nitrogen and oxygen atoms in total. The topological polar surface area (TPSA) is 85.6 Å². The average molecular weight is 351 g/mol. The second kappa shape index (κ2) is 9.04. The van der Waals surface area contributed by atoms with Crippen molar-refractivity contribution >= 4 is 18.0 Å². The van der Waals surface area contributed by atoms with Crippen molar-refractivity contribution in [1.29, 1.82) is 5.26 Å². The first-order valence-electron chi connectivity index (χ1n) is 7.83. The first-order valence-corrected chi connectivity index (χ1v) is 7.83. The van der Waals surface area contributed by atoms with E-state index in [-0.39, 0.29) is 11.3 Å². The van der Waals surface area contributed by atoms with Gasteiger partial charge in [0.2, 0.25) is 0 Å². The minimum absolute atomic E-state index is 0.155. The van der Waals surface area contributed by atoms with Crippen LogP contribution in [0.3, 0.4) is 0 Å². The molecule has 0 heterocycles. The van der Waals surface area contributed by atoms with Gasteiger partial charge in [-0.2, -0.15) is 5.26 Å². The molecule has 2 aromatic rings. The lowest BCUT2D eigenvalue weighted by atomic mass is 10.1. The Hall–Kier alpha value is -3.59. The predicted molar refractivity (Wildman–Crippen MR) is 94.6 cm³/mol. The highest BCUT2D eigenvalue weighted by Gasteiger charge is 2.15. The van der Waals surface area contributed by atoms with E-state index >= 15 is 0 Å². The Kier molecular flexibility index (Phi) is 6.52. The number of nitriles is 1. The summed E-state index contributed by atoms with van der Waals surface area (Å²) >= 11 is 0. The third-order valence-corrected chi connectivity index (χ3v) is 3.31. The van der Waals surface area contributed by atoms with Crippen molar-refractivity contribution in [2.24, 2.45) is 0 Å². The maximum Gasteiger partial charge on any atom is 0.348 e. The van der Waals surface area contributed by atoms with Crippen LogP contribution < -0.4 is 9.47 Å². The van der Waals surface area contributed by atoms with Crippen LogP contribution in [-0.4, -0.2) is 25.7 Å². The van der Waals surface area contributed by atoms with Crippen molar-refractivity contribution in [3.05, 3.63) is 65.2 Å². The molecule has 0 radical (unpaired) electrons. The summed E-state index contributed by atoms with van der Waals surface area (Å²) in [6.07, 6.45) is 1.36. The summed E-state index contributed by atoms with van der Waals surface area (Å²) in [7, 11) is 1.20. The van der Waals surface area contributed by atoms with Gasteiger partial charge in [-0.25, -0.2) is 9.59 Å². The Bertz CT molecular complexity index is 880. The molecule has 26 heavy (non-hydrogen) atoms. The highest BCUT2D eigenvalue weighted by atomic mass is 16.5. The van der Waals surface area contributed by atoms with Gasteiger partial charge in [-0.15, -0.1) is 0 Å². The largest absolute Gasteiger partial charge is 0.493 e. The number of para-hydroxylation sites is 1. The van der Waals surface area contributed by atoms with Crippen LogP contribution in [-0.2, 0) is 9.53 Å². The van der Waals surface area contributed by atoms with Crippen LogP contribution in [0.2, 0.25) is 0 Å². The van der Waals surface area contributed by atoms with Gasteiger partial charge in [-0.1, -0.05) is 24.3 Å². The van der Waals surface area contributed by atoms with Crippen molar-refractivity contribution in [3.8, 4) is 17.6 Å². The van der Waals surface area contributed by atoms with Crippen molar-refractivity contribution in [2.45, 2.75) is 6.92 Å². The molecular weight excluding hydrogens is 334 g/mol. The molecule has 0 saturated carbocycles. The fourth-order valence-corrected chi connectivity index (χ4v) is 2.16. The van der Waals surface area contributed by atoms with E-state index in [4.69, 9.17) is 14.7 Å². The zero-order chi connectivity index (χ0) is 18.9. The molecule has 0 aliphatic heterocycles. The summed E-state index contributed by atoms with van der Waals surface area (Å²) in [6.45, 7) is 2.25. The highest BCUT2D eigenvalue weighted by Crippen LogP contribution is 2.22. The zero-order valence-electron chi connectivity index (χ0n) is 14.4. The molecule has 2 rings (SSSR count). The van der Waals surface area contributed by atoms with Gasteiger partial charge in [0.1, 0.15) is 28.7 Å². The SMILES string of the molecule is CCOc1ccccc1C(=O)Oc1cccc(/C=C(\C#N)C(=O)OC)c1. The smallest absolute Gasteiger partial charge is 0.348 e. The van der Waals surface area contributed by atoms with E-state index in [0.29, 0.717) is 23.5 Å². The minimum atomic E-state index is -0.736. The molecule has 0 aliphatic rings.